The number of piperidine rings is 1. The van der Waals surface area contributed by atoms with Gasteiger partial charge in [-0.15, -0.1) is 0 Å². The number of benzene rings is 2. The zero-order chi connectivity index (χ0) is 25.5. The summed E-state index contributed by atoms with van der Waals surface area (Å²) in [5.41, 5.74) is 1.54. The van der Waals surface area contributed by atoms with Crippen molar-refractivity contribution >= 4 is 41.2 Å². The number of carbonyl (C=O) groups excluding carboxylic acids is 2. The van der Waals surface area contributed by atoms with Gasteiger partial charge in [-0.1, -0.05) is 16.6 Å². The number of hydrogen-bond donors (Lipinski definition) is 1. The molecule has 0 bridgehead atoms. The Morgan fingerprint density at radius 2 is 1.76 bits per heavy atom. The number of rotatable bonds is 5. The molecule has 37 heavy (non-hydrogen) atoms. The van der Waals surface area contributed by atoms with E-state index in [1.807, 2.05) is 47.7 Å². The van der Waals surface area contributed by atoms with Crippen LogP contribution in [0.15, 0.2) is 42.5 Å². The van der Waals surface area contributed by atoms with E-state index in [0.29, 0.717) is 22.7 Å². The van der Waals surface area contributed by atoms with Gasteiger partial charge in [-0.25, -0.2) is 0 Å². The molecule has 3 aliphatic heterocycles. The van der Waals surface area contributed by atoms with Crippen molar-refractivity contribution < 1.29 is 9.59 Å². The second-order valence-electron chi connectivity index (χ2n) is 9.62. The fourth-order valence-corrected chi connectivity index (χ4v) is 5.19. The number of nitrogens with zero attached hydrogens (tertiary/aromatic N) is 4. The van der Waals surface area contributed by atoms with Gasteiger partial charge in [0.05, 0.1) is 16.6 Å². The second-order valence-corrected chi connectivity index (χ2v) is 10.5. The summed E-state index contributed by atoms with van der Waals surface area (Å²) in [6, 6.07) is 16.6. The van der Waals surface area contributed by atoms with Gasteiger partial charge in [-0.3, -0.25) is 9.69 Å². The van der Waals surface area contributed by atoms with E-state index in [0.717, 1.165) is 75.9 Å². The third kappa shape index (κ3) is 7.59. The number of nitrogens with one attached hydrogen (secondary N) is 1. The Morgan fingerprint density at radius 1 is 1.05 bits per heavy atom. The molecule has 0 saturated carbocycles. The van der Waals surface area contributed by atoms with E-state index in [4.69, 9.17) is 23.2 Å². The number of anilines is 1. The summed E-state index contributed by atoms with van der Waals surface area (Å²) in [5.74, 6) is 0.0170. The first-order valence-corrected chi connectivity index (χ1v) is 13.2. The molecule has 0 aromatic heterocycles. The summed E-state index contributed by atoms with van der Waals surface area (Å²) >= 11 is 12.0. The van der Waals surface area contributed by atoms with Crippen molar-refractivity contribution in [2.24, 2.45) is 0 Å². The molecule has 7 nitrogen and oxygen atoms in total. The molecule has 0 unspecified atom stereocenters. The van der Waals surface area contributed by atoms with Gasteiger partial charge in [0.2, 0.25) is 0 Å². The summed E-state index contributed by atoms with van der Waals surface area (Å²) in [5, 5.41) is 4.77. The fraction of sp³-hybridized carbons (Fsp3) is 0.481. The Balaban J connectivity index is 0.000000413. The summed E-state index contributed by atoms with van der Waals surface area (Å²) in [6.45, 7) is 6.88. The molecule has 3 fully saturated rings. The second kappa shape index (κ2) is 13.3. The zero-order valence-corrected chi connectivity index (χ0v) is 25.0. The molecule has 3 saturated heterocycles. The van der Waals surface area contributed by atoms with Crippen LogP contribution in [0.3, 0.4) is 0 Å². The SMILES string of the molecule is CN1CCN(C(=O)c2ccc(NC3CN(C4CCN([C-]=O)CC4)C3)cc2Cl)CC1.Clc1c[c-]ccc1.[Es]. The average molecular weight is 783 g/mol. The predicted molar refractivity (Wildman–Crippen MR) is 144 cm³/mol. The zero-order valence-electron chi connectivity index (χ0n) is 20.9. The molecule has 0 aliphatic carbocycles. The van der Waals surface area contributed by atoms with E-state index in [1.54, 1.807) is 11.0 Å². The Bertz CT molecular complexity index is 1010. The maximum atomic E-state index is 12.8. The molecule has 0 atom stereocenters. The van der Waals surface area contributed by atoms with Gasteiger partial charge < -0.3 is 24.8 Å². The number of piperazine rings is 1. The van der Waals surface area contributed by atoms with Crippen molar-refractivity contribution in [3.63, 3.8) is 0 Å². The van der Waals surface area contributed by atoms with Crippen LogP contribution in [0.2, 0.25) is 10.0 Å². The van der Waals surface area contributed by atoms with Crippen LogP contribution in [0.5, 0.6) is 0 Å². The molecular formula is C27H33Cl2EsN5O2-2. The summed E-state index contributed by atoms with van der Waals surface area (Å²) in [6.07, 6.45) is 4.04. The van der Waals surface area contributed by atoms with Crippen LogP contribution in [0.25, 0.3) is 0 Å². The minimum Gasteiger partial charge on any atom is -0.520 e. The van der Waals surface area contributed by atoms with E-state index in [1.165, 1.54) is 0 Å². The Hall–Kier alpha value is -3.32. The average Bonchev–Trinajstić information content (AvgIpc) is 2.87. The molecule has 3 aliphatic rings. The molecule has 2 aromatic rings. The van der Waals surface area contributed by atoms with Crippen molar-refractivity contribution in [1.29, 1.82) is 0 Å². The van der Waals surface area contributed by atoms with E-state index in [9.17, 15) is 9.59 Å². The number of carbonyl (C=O) groups is 1. The summed E-state index contributed by atoms with van der Waals surface area (Å²) in [7, 11) is 2.07. The van der Waals surface area contributed by atoms with Crippen LogP contribution < -0.4 is 5.32 Å². The van der Waals surface area contributed by atoms with Gasteiger partial charge in [0, 0.05) is 51.0 Å². The van der Waals surface area contributed by atoms with Crippen molar-refractivity contribution in [2.75, 3.05) is 64.7 Å². The molecule has 2 amide bonds. The first-order valence-electron chi connectivity index (χ1n) is 12.4. The fourth-order valence-electron chi connectivity index (χ4n) is 4.79. The van der Waals surface area contributed by atoms with Crippen LogP contribution in [-0.2, 0) is 4.79 Å². The third-order valence-electron chi connectivity index (χ3n) is 7.05. The van der Waals surface area contributed by atoms with E-state index >= 15 is 0 Å². The van der Waals surface area contributed by atoms with Crippen LogP contribution >= 0.6 is 23.2 Å². The predicted octanol–water partition coefficient (Wildman–Crippen LogP) is 3.50. The maximum Gasteiger partial charge on any atom is 0.255 e. The largest absolute Gasteiger partial charge is 0.520 e. The smallest absolute Gasteiger partial charge is 0.255 e. The summed E-state index contributed by atoms with van der Waals surface area (Å²) in [4.78, 5) is 31.8. The number of amides is 2. The maximum absolute atomic E-state index is 12.8. The van der Waals surface area contributed by atoms with Gasteiger partial charge in [0.25, 0.3) is 5.91 Å². The van der Waals surface area contributed by atoms with Crippen molar-refractivity contribution in [1.82, 2.24) is 19.6 Å². The summed E-state index contributed by atoms with van der Waals surface area (Å²) < 4.78 is 0. The molecule has 0 spiro atoms. The minimum absolute atomic E-state index is 0. The molecular weight excluding hydrogens is 749 g/mol. The topological polar surface area (TPSA) is 59.1 Å². The molecule has 2 aromatic carbocycles. The molecule has 1 N–H and O–H groups in total. The standard InChI is InChI=1S/C21H29ClN5O2.C6H4Cl.Es/c1-24-8-10-26(11-9-24)21(29)19-3-2-16(12-20(19)22)23-17-13-27(14-17)18-4-6-25(15-28)7-5-18;7-6-4-2-1-3-5-6;/h2-3,12,17-18,23H,4-11,13-14H2,1H3;1-2,4-5H;/q2*-1;. The number of halogens is 2. The quantitative estimate of drug-likeness (QED) is 0.472. The van der Waals surface area contributed by atoms with Crippen molar-refractivity contribution in [2.45, 2.75) is 24.9 Å². The first-order chi connectivity index (χ1) is 17.4. The normalized spacial score (nSPS) is 19.2. The van der Waals surface area contributed by atoms with Gasteiger partial charge in [-0.05, 0) is 51.2 Å². The number of likely N-dealkylation sites (N-methyl/N-ethyl adjacent to an activating group) is 1. The van der Waals surface area contributed by atoms with E-state index < -0.39 is 0 Å². The third-order valence-corrected chi connectivity index (χ3v) is 7.60. The molecule has 3 heterocycles. The molecule has 205 valence electrons. The van der Waals surface area contributed by atoms with Crippen molar-refractivity contribution in [3.05, 3.63) is 64.1 Å². The molecule has 1 radical (unpaired) electrons. The van der Waals surface area contributed by atoms with Gasteiger partial charge in [0.1, 0.15) is 0 Å². The first kappa shape index (κ1) is 28.3. The van der Waals surface area contributed by atoms with E-state index in [-0.39, 0.29) is 5.91 Å². The Kier molecular flexibility index (Phi) is 10.1. The number of hydrogen-bond acceptors (Lipinski definition) is 5. The van der Waals surface area contributed by atoms with Crippen LogP contribution in [0.4, 0.5) is 5.69 Å². The van der Waals surface area contributed by atoms with Gasteiger partial charge in [-0.2, -0.15) is 48.3 Å². The minimum atomic E-state index is 0. The van der Waals surface area contributed by atoms with Gasteiger partial charge >= 0.3 is 0 Å². The molecule has 10 heteroatoms. The van der Waals surface area contributed by atoms with Crippen molar-refractivity contribution in [3.8, 4) is 0 Å². The Labute approximate surface area is 223 Å². The Morgan fingerprint density at radius 3 is 2.30 bits per heavy atom. The van der Waals surface area contributed by atoms with Crippen LogP contribution in [0, 0.1) is 6.07 Å². The van der Waals surface area contributed by atoms with Crippen LogP contribution in [0.1, 0.15) is 23.2 Å². The van der Waals surface area contributed by atoms with Crippen LogP contribution in [-0.4, -0.2) is 103 Å². The van der Waals surface area contributed by atoms with E-state index in [2.05, 4.69) is 28.2 Å². The van der Waals surface area contributed by atoms with Gasteiger partial charge in [0.15, 0.2) is 0 Å². The number of likely N-dealkylation sites (tertiary alicyclic amines) is 2. The monoisotopic (exact) mass is 781 g/mol. The molecule has 5 rings (SSSR count).